The molecule has 1 aliphatic heterocycles. The van der Waals surface area contributed by atoms with Gasteiger partial charge in [-0.25, -0.2) is 0 Å². The molecular weight excluding hydrogens is 174 g/mol. The van der Waals surface area contributed by atoms with E-state index in [1.165, 1.54) is 25.9 Å². The molecular formula is C12H25NO. The Labute approximate surface area is 88.3 Å². The normalized spacial score (nSPS) is 24.4. The summed E-state index contributed by atoms with van der Waals surface area (Å²) in [5.41, 5.74) is -0.442. The number of likely N-dealkylation sites (tertiary alicyclic amines) is 1. The molecule has 0 radical (unpaired) electrons. The minimum absolute atomic E-state index is 0.442. The highest BCUT2D eigenvalue weighted by Gasteiger charge is 2.29. The van der Waals surface area contributed by atoms with Crippen LogP contribution in [0.15, 0.2) is 0 Å². The van der Waals surface area contributed by atoms with Gasteiger partial charge in [0.05, 0.1) is 5.60 Å². The zero-order valence-corrected chi connectivity index (χ0v) is 9.92. The van der Waals surface area contributed by atoms with E-state index in [0.29, 0.717) is 0 Å². The predicted octanol–water partition coefficient (Wildman–Crippen LogP) is 2.27. The van der Waals surface area contributed by atoms with Gasteiger partial charge in [0.2, 0.25) is 0 Å². The number of hydrogen-bond donors (Lipinski definition) is 1. The van der Waals surface area contributed by atoms with Crippen molar-refractivity contribution in [3.05, 3.63) is 0 Å². The molecule has 1 fully saturated rings. The Bertz CT molecular complexity index is 166. The fourth-order valence-corrected chi connectivity index (χ4v) is 2.28. The van der Waals surface area contributed by atoms with Gasteiger partial charge < -0.3 is 10.0 Å². The number of hydrogen-bond acceptors (Lipinski definition) is 2. The van der Waals surface area contributed by atoms with Gasteiger partial charge in [0.15, 0.2) is 0 Å². The summed E-state index contributed by atoms with van der Waals surface area (Å²) in [7, 11) is 0. The SMILES string of the molecule is CCC1CCN(CC(O)(CC)CC)C1. The van der Waals surface area contributed by atoms with Gasteiger partial charge in [0.1, 0.15) is 0 Å². The van der Waals surface area contributed by atoms with Crippen LogP contribution >= 0.6 is 0 Å². The van der Waals surface area contributed by atoms with Crippen LogP contribution in [0.4, 0.5) is 0 Å². The van der Waals surface area contributed by atoms with E-state index in [-0.39, 0.29) is 0 Å². The second kappa shape index (κ2) is 5.13. The van der Waals surface area contributed by atoms with Crippen molar-refractivity contribution in [1.29, 1.82) is 0 Å². The lowest BCUT2D eigenvalue weighted by molar-refractivity contribution is 0.00160. The summed E-state index contributed by atoms with van der Waals surface area (Å²) in [4.78, 5) is 2.43. The third-order valence-electron chi connectivity index (χ3n) is 3.78. The highest BCUT2D eigenvalue weighted by Crippen LogP contribution is 2.23. The average molecular weight is 199 g/mol. The maximum atomic E-state index is 10.2. The maximum absolute atomic E-state index is 10.2. The molecule has 0 aromatic heterocycles. The van der Waals surface area contributed by atoms with Crippen molar-refractivity contribution >= 4 is 0 Å². The number of β-amino-alcohol motifs (C(OH)–C–C–N with tert-alkyl or cyclic N) is 1. The lowest BCUT2D eigenvalue weighted by atomic mass is 9.97. The molecule has 0 aromatic carbocycles. The monoisotopic (exact) mass is 199 g/mol. The molecule has 2 nitrogen and oxygen atoms in total. The number of rotatable bonds is 5. The van der Waals surface area contributed by atoms with Crippen LogP contribution in [0.1, 0.15) is 46.5 Å². The highest BCUT2D eigenvalue weighted by molar-refractivity contribution is 4.83. The first kappa shape index (κ1) is 12.0. The van der Waals surface area contributed by atoms with Gasteiger partial charge in [-0.1, -0.05) is 27.2 Å². The fourth-order valence-electron chi connectivity index (χ4n) is 2.28. The molecule has 1 saturated heterocycles. The third-order valence-corrected chi connectivity index (χ3v) is 3.78. The Morgan fingerprint density at radius 2 is 1.93 bits per heavy atom. The molecule has 14 heavy (non-hydrogen) atoms. The Hall–Kier alpha value is -0.0800. The standard InChI is InChI=1S/C12H25NO/c1-4-11-7-8-13(9-11)10-12(14,5-2)6-3/h11,14H,4-10H2,1-3H3. The first-order chi connectivity index (χ1) is 6.63. The van der Waals surface area contributed by atoms with Gasteiger partial charge in [-0.15, -0.1) is 0 Å². The van der Waals surface area contributed by atoms with E-state index < -0.39 is 5.60 Å². The zero-order chi connectivity index (χ0) is 10.6. The van der Waals surface area contributed by atoms with Gasteiger partial charge in [-0.2, -0.15) is 0 Å². The zero-order valence-electron chi connectivity index (χ0n) is 9.92. The average Bonchev–Trinajstić information content (AvgIpc) is 2.65. The Morgan fingerprint density at radius 3 is 2.36 bits per heavy atom. The van der Waals surface area contributed by atoms with E-state index >= 15 is 0 Å². The van der Waals surface area contributed by atoms with Crippen molar-refractivity contribution < 1.29 is 5.11 Å². The van der Waals surface area contributed by atoms with Crippen LogP contribution in [0.25, 0.3) is 0 Å². The second-order valence-electron chi connectivity index (χ2n) is 4.73. The summed E-state index contributed by atoms with van der Waals surface area (Å²) in [6.07, 6.45) is 4.35. The summed E-state index contributed by atoms with van der Waals surface area (Å²) in [6.45, 7) is 9.67. The minimum atomic E-state index is -0.442. The molecule has 0 saturated carbocycles. The van der Waals surface area contributed by atoms with Gasteiger partial charge >= 0.3 is 0 Å². The smallest absolute Gasteiger partial charge is 0.0768 e. The van der Waals surface area contributed by atoms with Crippen molar-refractivity contribution in [2.75, 3.05) is 19.6 Å². The lowest BCUT2D eigenvalue weighted by Gasteiger charge is -2.30. The van der Waals surface area contributed by atoms with Crippen LogP contribution in [0.3, 0.4) is 0 Å². The molecule has 1 atom stereocenters. The van der Waals surface area contributed by atoms with E-state index in [0.717, 1.165) is 25.3 Å². The van der Waals surface area contributed by atoms with E-state index in [2.05, 4.69) is 25.7 Å². The van der Waals surface area contributed by atoms with Gasteiger partial charge in [0, 0.05) is 13.1 Å². The molecule has 84 valence electrons. The van der Waals surface area contributed by atoms with Crippen molar-refractivity contribution in [2.45, 2.75) is 52.1 Å². The summed E-state index contributed by atoms with van der Waals surface area (Å²) in [5, 5.41) is 10.2. The Morgan fingerprint density at radius 1 is 1.29 bits per heavy atom. The van der Waals surface area contributed by atoms with E-state index in [1.807, 2.05) is 0 Å². The van der Waals surface area contributed by atoms with Gasteiger partial charge in [-0.3, -0.25) is 0 Å². The molecule has 0 aliphatic carbocycles. The molecule has 0 bridgehead atoms. The molecule has 2 heteroatoms. The van der Waals surface area contributed by atoms with Crippen molar-refractivity contribution in [1.82, 2.24) is 4.90 Å². The quantitative estimate of drug-likeness (QED) is 0.734. The number of aliphatic hydroxyl groups is 1. The molecule has 1 rings (SSSR count). The first-order valence-corrected chi connectivity index (χ1v) is 6.08. The molecule has 1 N–H and O–H groups in total. The first-order valence-electron chi connectivity index (χ1n) is 6.08. The summed E-state index contributed by atoms with van der Waals surface area (Å²) >= 11 is 0. The van der Waals surface area contributed by atoms with E-state index in [1.54, 1.807) is 0 Å². The van der Waals surface area contributed by atoms with Crippen LogP contribution in [0.2, 0.25) is 0 Å². The Kier molecular flexibility index (Phi) is 4.39. The molecule has 1 aliphatic rings. The summed E-state index contributed by atoms with van der Waals surface area (Å²) < 4.78 is 0. The minimum Gasteiger partial charge on any atom is -0.389 e. The van der Waals surface area contributed by atoms with Crippen molar-refractivity contribution in [2.24, 2.45) is 5.92 Å². The maximum Gasteiger partial charge on any atom is 0.0768 e. The van der Waals surface area contributed by atoms with Crippen LogP contribution in [0, 0.1) is 5.92 Å². The molecule has 1 heterocycles. The Balaban J connectivity index is 2.37. The second-order valence-corrected chi connectivity index (χ2v) is 4.73. The van der Waals surface area contributed by atoms with Crippen LogP contribution in [0.5, 0.6) is 0 Å². The third kappa shape index (κ3) is 2.96. The molecule has 0 spiro atoms. The summed E-state index contributed by atoms with van der Waals surface area (Å²) in [5.74, 6) is 0.868. The summed E-state index contributed by atoms with van der Waals surface area (Å²) in [6, 6.07) is 0. The molecule has 1 unspecified atom stereocenters. The van der Waals surface area contributed by atoms with Crippen LogP contribution < -0.4 is 0 Å². The lowest BCUT2D eigenvalue weighted by Crippen LogP contribution is -2.41. The highest BCUT2D eigenvalue weighted by atomic mass is 16.3. The number of nitrogens with zero attached hydrogens (tertiary/aromatic N) is 1. The van der Waals surface area contributed by atoms with E-state index in [9.17, 15) is 5.11 Å². The largest absolute Gasteiger partial charge is 0.389 e. The molecule has 0 amide bonds. The van der Waals surface area contributed by atoms with E-state index in [4.69, 9.17) is 0 Å². The fraction of sp³-hybridized carbons (Fsp3) is 1.00. The van der Waals surface area contributed by atoms with Crippen molar-refractivity contribution in [3.8, 4) is 0 Å². The van der Waals surface area contributed by atoms with Gasteiger partial charge in [-0.05, 0) is 31.7 Å². The van der Waals surface area contributed by atoms with Crippen molar-refractivity contribution in [3.63, 3.8) is 0 Å². The van der Waals surface area contributed by atoms with Crippen LogP contribution in [-0.2, 0) is 0 Å². The predicted molar refractivity (Wildman–Crippen MR) is 60.4 cm³/mol. The molecule has 0 aromatic rings. The van der Waals surface area contributed by atoms with Crippen LogP contribution in [-0.4, -0.2) is 35.2 Å². The van der Waals surface area contributed by atoms with Gasteiger partial charge in [0.25, 0.3) is 0 Å². The topological polar surface area (TPSA) is 23.5 Å².